The van der Waals surface area contributed by atoms with Crippen LogP contribution in [0.15, 0.2) is 0 Å². The lowest BCUT2D eigenvalue weighted by Gasteiger charge is -2.13. The Morgan fingerprint density at radius 3 is 2.50 bits per heavy atom. The van der Waals surface area contributed by atoms with Gasteiger partial charge in [0.15, 0.2) is 0 Å². The summed E-state index contributed by atoms with van der Waals surface area (Å²) in [4.78, 5) is 0. The van der Waals surface area contributed by atoms with E-state index in [0.717, 1.165) is 0 Å². The number of nitrogens with one attached hydrogen (secondary N) is 1. The summed E-state index contributed by atoms with van der Waals surface area (Å²) >= 11 is 0. The number of halogens is 2. The van der Waals surface area contributed by atoms with Crippen molar-refractivity contribution in [2.75, 3.05) is 13.2 Å². The second-order valence-corrected chi connectivity index (χ2v) is 1.77. The summed E-state index contributed by atoms with van der Waals surface area (Å²) in [6, 6.07) is -1.06. The number of hydrogen-bond donors (Lipinski definition) is 2. The zero-order valence-electron chi connectivity index (χ0n) is 5.81. The van der Waals surface area contributed by atoms with Gasteiger partial charge in [0.25, 0.3) is 6.43 Å². The Bertz CT molecular complexity index is 82.0. The Kier molecular flexibility index (Phi) is 5.38. The topological polar surface area (TPSA) is 47.3 Å². The maximum absolute atomic E-state index is 11.8. The molecule has 0 saturated heterocycles. The molecule has 0 spiro atoms. The summed E-state index contributed by atoms with van der Waals surface area (Å²) in [5.41, 5.74) is 1.96. The molecule has 0 aromatic rings. The van der Waals surface area contributed by atoms with Crippen LogP contribution in [0.4, 0.5) is 8.78 Å². The molecule has 0 rings (SSSR count). The van der Waals surface area contributed by atoms with Gasteiger partial charge in [-0.2, -0.15) is 0 Å². The van der Waals surface area contributed by atoms with Gasteiger partial charge in [-0.25, -0.2) is 14.2 Å². The van der Waals surface area contributed by atoms with Crippen LogP contribution in [0.5, 0.6) is 0 Å². The second kappa shape index (κ2) is 5.52. The summed E-state index contributed by atoms with van der Waals surface area (Å²) in [5.74, 6) is 4.80. The number of hydrogen-bond acceptors (Lipinski definition) is 3. The lowest BCUT2D eigenvalue weighted by atomic mass is 10.3. The first-order valence-corrected chi connectivity index (χ1v) is 3.04. The van der Waals surface area contributed by atoms with E-state index in [1.165, 1.54) is 0 Å². The minimum atomic E-state index is -2.48. The highest BCUT2D eigenvalue weighted by molar-refractivity contribution is 4.63. The Hall–Kier alpha value is -0.260. The van der Waals surface area contributed by atoms with E-state index in [0.29, 0.717) is 6.61 Å². The first-order valence-electron chi connectivity index (χ1n) is 3.04. The fraction of sp³-hybridized carbons (Fsp3) is 1.00. The highest BCUT2D eigenvalue weighted by atomic mass is 19.3. The number of alkyl halides is 2. The molecule has 0 amide bonds. The van der Waals surface area contributed by atoms with E-state index < -0.39 is 12.5 Å². The van der Waals surface area contributed by atoms with Gasteiger partial charge in [-0.1, -0.05) is 0 Å². The molecule has 1 unspecified atom stereocenters. The minimum Gasteiger partial charge on any atom is -0.380 e. The van der Waals surface area contributed by atoms with Crippen molar-refractivity contribution in [2.24, 2.45) is 5.84 Å². The molecule has 0 saturated carbocycles. The summed E-state index contributed by atoms with van der Waals surface area (Å²) in [7, 11) is 0. The van der Waals surface area contributed by atoms with Gasteiger partial charge in [-0.3, -0.25) is 5.84 Å². The van der Waals surface area contributed by atoms with E-state index in [-0.39, 0.29) is 6.61 Å². The molecule has 3 N–H and O–H groups in total. The summed E-state index contributed by atoms with van der Waals surface area (Å²) in [6.07, 6.45) is -2.48. The van der Waals surface area contributed by atoms with Gasteiger partial charge in [0.1, 0.15) is 6.04 Å². The van der Waals surface area contributed by atoms with Crippen molar-refractivity contribution in [1.29, 1.82) is 0 Å². The third kappa shape index (κ3) is 3.71. The van der Waals surface area contributed by atoms with Crippen molar-refractivity contribution in [3.63, 3.8) is 0 Å². The molecule has 5 heteroatoms. The van der Waals surface area contributed by atoms with Crippen molar-refractivity contribution in [3.8, 4) is 0 Å². The number of hydrazine groups is 1. The van der Waals surface area contributed by atoms with Crippen LogP contribution in [0.1, 0.15) is 6.92 Å². The molecular weight excluding hydrogens is 142 g/mol. The number of rotatable bonds is 5. The van der Waals surface area contributed by atoms with E-state index in [2.05, 4.69) is 0 Å². The SMILES string of the molecule is CCOCC(NN)C(F)F. The molecule has 1 atom stereocenters. The average molecular weight is 154 g/mol. The van der Waals surface area contributed by atoms with E-state index in [1.807, 2.05) is 5.43 Å². The van der Waals surface area contributed by atoms with Gasteiger partial charge in [-0.15, -0.1) is 0 Å². The maximum atomic E-state index is 11.8. The van der Waals surface area contributed by atoms with Gasteiger partial charge in [0, 0.05) is 6.61 Å². The Balaban J connectivity index is 3.40. The van der Waals surface area contributed by atoms with Gasteiger partial charge in [0.05, 0.1) is 6.61 Å². The van der Waals surface area contributed by atoms with Crippen LogP contribution in [0.25, 0.3) is 0 Å². The fourth-order valence-electron chi connectivity index (χ4n) is 0.438. The van der Waals surface area contributed by atoms with Crippen molar-refractivity contribution >= 4 is 0 Å². The van der Waals surface area contributed by atoms with Crippen molar-refractivity contribution < 1.29 is 13.5 Å². The molecule has 0 heterocycles. The van der Waals surface area contributed by atoms with E-state index in [4.69, 9.17) is 10.6 Å². The van der Waals surface area contributed by atoms with E-state index in [9.17, 15) is 8.78 Å². The first kappa shape index (κ1) is 9.74. The molecule has 0 aromatic heterocycles. The lowest BCUT2D eigenvalue weighted by Crippen LogP contribution is -2.43. The molecule has 0 bridgehead atoms. The van der Waals surface area contributed by atoms with Crippen LogP contribution >= 0.6 is 0 Å². The number of nitrogens with two attached hydrogens (primary N) is 1. The molecule has 3 nitrogen and oxygen atoms in total. The first-order chi connectivity index (χ1) is 4.72. The van der Waals surface area contributed by atoms with Crippen LogP contribution in [0.3, 0.4) is 0 Å². The molecule has 0 aliphatic carbocycles. The Morgan fingerprint density at radius 1 is 1.60 bits per heavy atom. The fourth-order valence-corrected chi connectivity index (χ4v) is 0.438. The van der Waals surface area contributed by atoms with Gasteiger partial charge < -0.3 is 4.74 Å². The third-order valence-electron chi connectivity index (χ3n) is 1.02. The smallest absolute Gasteiger partial charge is 0.257 e. The predicted octanol–water partition coefficient (Wildman–Crippen LogP) is 0.120. The zero-order chi connectivity index (χ0) is 7.98. The molecule has 62 valence electrons. The van der Waals surface area contributed by atoms with Crippen molar-refractivity contribution in [1.82, 2.24) is 5.43 Å². The van der Waals surface area contributed by atoms with Crippen molar-refractivity contribution in [2.45, 2.75) is 19.4 Å². The average Bonchev–Trinajstić information content (AvgIpc) is 1.89. The monoisotopic (exact) mass is 154 g/mol. The minimum absolute atomic E-state index is 0.0509. The van der Waals surface area contributed by atoms with Gasteiger partial charge in [-0.05, 0) is 6.92 Å². The Labute approximate surface area is 58.5 Å². The molecular formula is C5H12F2N2O. The number of ether oxygens (including phenoxy) is 1. The highest BCUT2D eigenvalue weighted by Gasteiger charge is 2.17. The quantitative estimate of drug-likeness (QED) is 0.436. The summed E-state index contributed by atoms with van der Waals surface area (Å²) in [6.45, 7) is 2.11. The molecule has 0 aliphatic rings. The van der Waals surface area contributed by atoms with Gasteiger partial charge >= 0.3 is 0 Å². The Morgan fingerprint density at radius 2 is 2.20 bits per heavy atom. The summed E-state index contributed by atoms with van der Waals surface area (Å²) < 4.78 is 28.3. The summed E-state index contributed by atoms with van der Waals surface area (Å²) in [5, 5.41) is 0. The van der Waals surface area contributed by atoms with Gasteiger partial charge in [0.2, 0.25) is 0 Å². The van der Waals surface area contributed by atoms with Crippen LogP contribution in [0, 0.1) is 0 Å². The largest absolute Gasteiger partial charge is 0.380 e. The zero-order valence-corrected chi connectivity index (χ0v) is 5.81. The molecule has 0 fully saturated rings. The molecule has 0 aromatic carbocycles. The second-order valence-electron chi connectivity index (χ2n) is 1.77. The molecule has 0 aliphatic heterocycles. The standard InChI is InChI=1S/C5H12F2N2O/c1-2-10-3-4(9-8)5(6)7/h4-5,9H,2-3,8H2,1H3. The van der Waals surface area contributed by atoms with Crippen LogP contribution in [-0.2, 0) is 4.74 Å². The highest BCUT2D eigenvalue weighted by Crippen LogP contribution is 1.99. The predicted molar refractivity (Wildman–Crippen MR) is 33.6 cm³/mol. The normalized spacial score (nSPS) is 14.1. The third-order valence-corrected chi connectivity index (χ3v) is 1.02. The van der Waals surface area contributed by atoms with Crippen LogP contribution in [-0.4, -0.2) is 25.7 Å². The maximum Gasteiger partial charge on any atom is 0.257 e. The van der Waals surface area contributed by atoms with E-state index in [1.54, 1.807) is 6.92 Å². The lowest BCUT2D eigenvalue weighted by molar-refractivity contribution is 0.0353. The van der Waals surface area contributed by atoms with Crippen LogP contribution in [0.2, 0.25) is 0 Å². The van der Waals surface area contributed by atoms with Crippen molar-refractivity contribution in [3.05, 3.63) is 0 Å². The van der Waals surface area contributed by atoms with E-state index >= 15 is 0 Å². The molecule has 0 radical (unpaired) electrons. The van der Waals surface area contributed by atoms with Crippen LogP contribution < -0.4 is 11.3 Å². The molecule has 10 heavy (non-hydrogen) atoms.